The molecule has 5 heteroatoms. The lowest BCUT2D eigenvalue weighted by Gasteiger charge is -2.25. The van der Waals surface area contributed by atoms with Crippen LogP contribution in [0.4, 0.5) is 0 Å². The number of aliphatic imine (C=N–C) groups is 1. The number of hydrogen-bond acceptors (Lipinski definition) is 4. The number of hydrogen-bond donors (Lipinski definition) is 2. The van der Waals surface area contributed by atoms with Gasteiger partial charge in [0.05, 0.1) is 22.9 Å². The number of aromatic nitrogens is 2. The Balaban J connectivity index is 2.07. The van der Waals surface area contributed by atoms with E-state index in [0.29, 0.717) is 0 Å². The minimum atomic E-state index is 0.00796. The summed E-state index contributed by atoms with van der Waals surface area (Å²) in [5.74, 6) is 0. The molecule has 19 heavy (non-hydrogen) atoms. The average molecular weight is 255 g/mol. The van der Waals surface area contributed by atoms with Gasteiger partial charge in [0.2, 0.25) is 0 Å². The van der Waals surface area contributed by atoms with Gasteiger partial charge in [0.25, 0.3) is 0 Å². The number of nitrogens with one attached hydrogen (secondary N) is 2. The summed E-state index contributed by atoms with van der Waals surface area (Å²) in [5, 5.41) is 11.3. The van der Waals surface area contributed by atoms with Gasteiger partial charge >= 0.3 is 0 Å². The molecule has 2 N–H and O–H groups in total. The number of nitrogens with zero attached hydrogens (tertiary/aromatic N) is 3. The fraction of sp³-hybridized carbons (Fsp3) is 0.286. The van der Waals surface area contributed by atoms with E-state index in [9.17, 15) is 0 Å². The van der Waals surface area contributed by atoms with E-state index in [1.165, 1.54) is 0 Å². The van der Waals surface area contributed by atoms with Crippen molar-refractivity contribution in [3.8, 4) is 0 Å². The fourth-order valence-corrected chi connectivity index (χ4v) is 2.52. The van der Waals surface area contributed by atoms with Crippen LogP contribution in [0.25, 0.3) is 5.52 Å². The average Bonchev–Trinajstić information content (AvgIpc) is 2.89. The smallest absolute Gasteiger partial charge is 0.0961 e. The zero-order chi connectivity index (χ0) is 13.2. The van der Waals surface area contributed by atoms with E-state index in [1.54, 1.807) is 0 Å². The van der Waals surface area contributed by atoms with Crippen LogP contribution in [0.1, 0.15) is 18.2 Å². The minimum Gasteiger partial charge on any atom is -0.390 e. The first-order chi connectivity index (χ1) is 9.33. The molecule has 2 aromatic heterocycles. The normalized spacial score (nSPS) is 19.7. The molecule has 1 unspecified atom stereocenters. The van der Waals surface area contributed by atoms with Crippen LogP contribution in [-0.4, -0.2) is 29.9 Å². The van der Waals surface area contributed by atoms with Crippen molar-refractivity contribution >= 4 is 12.2 Å². The molecular weight excluding hydrogens is 238 g/mol. The molecule has 1 atom stereocenters. The summed E-state index contributed by atoms with van der Waals surface area (Å²) in [7, 11) is 1.92. The monoisotopic (exact) mass is 255 g/mol. The van der Waals surface area contributed by atoms with Gasteiger partial charge < -0.3 is 10.6 Å². The van der Waals surface area contributed by atoms with Crippen molar-refractivity contribution in [3.05, 3.63) is 47.6 Å². The SMILES string of the molecule is C=NC1=C(NC)CCNC1c1cc2ccccn2n1. The predicted octanol–water partition coefficient (Wildman–Crippen LogP) is 1.50. The largest absolute Gasteiger partial charge is 0.390 e. The second-order valence-corrected chi connectivity index (χ2v) is 4.55. The number of fused-ring (bicyclic) bond motifs is 1. The van der Waals surface area contributed by atoms with Crippen LogP contribution in [0.15, 0.2) is 46.8 Å². The van der Waals surface area contributed by atoms with E-state index < -0.39 is 0 Å². The Hall–Kier alpha value is -2.14. The maximum atomic E-state index is 4.61. The molecule has 0 bridgehead atoms. The summed E-state index contributed by atoms with van der Waals surface area (Å²) < 4.78 is 1.88. The van der Waals surface area contributed by atoms with Crippen molar-refractivity contribution in [3.63, 3.8) is 0 Å². The van der Waals surface area contributed by atoms with Crippen LogP contribution in [0.5, 0.6) is 0 Å². The molecule has 1 aliphatic rings. The summed E-state index contributed by atoms with van der Waals surface area (Å²) in [4.78, 5) is 4.18. The van der Waals surface area contributed by atoms with Crippen LogP contribution < -0.4 is 10.6 Å². The molecule has 0 radical (unpaired) electrons. The molecule has 0 fully saturated rings. The molecule has 98 valence electrons. The zero-order valence-electron chi connectivity index (χ0n) is 10.9. The van der Waals surface area contributed by atoms with E-state index in [0.717, 1.165) is 35.6 Å². The lowest BCUT2D eigenvalue weighted by atomic mass is 10.0. The third-order valence-corrected chi connectivity index (χ3v) is 3.46. The third-order valence-electron chi connectivity index (χ3n) is 3.46. The summed E-state index contributed by atoms with van der Waals surface area (Å²) in [6, 6.07) is 8.12. The topological polar surface area (TPSA) is 53.7 Å². The third kappa shape index (κ3) is 2.02. The van der Waals surface area contributed by atoms with Crippen molar-refractivity contribution in [2.75, 3.05) is 13.6 Å². The Kier molecular flexibility index (Phi) is 3.05. The Labute approximate surface area is 112 Å². The van der Waals surface area contributed by atoms with E-state index >= 15 is 0 Å². The van der Waals surface area contributed by atoms with Gasteiger partial charge in [0.15, 0.2) is 0 Å². The number of pyridine rings is 1. The number of rotatable bonds is 3. The Bertz CT molecular complexity index is 607. The van der Waals surface area contributed by atoms with Crippen molar-refractivity contribution in [1.82, 2.24) is 20.2 Å². The van der Waals surface area contributed by atoms with Gasteiger partial charge in [0, 0.05) is 31.9 Å². The second-order valence-electron chi connectivity index (χ2n) is 4.55. The highest BCUT2D eigenvalue weighted by Crippen LogP contribution is 2.28. The summed E-state index contributed by atoms with van der Waals surface area (Å²) in [5.41, 5.74) is 4.13. The molecule has 0 saturated heterocycles. The van der Waals surface area contributed by atoms with Gasteiger partial charge in [-0.15, -0.1) is 0 Å². The Morgan fingerprint density at radius 2 is 2.42 bits per heavy atom. The lowest BCUT2D eigenvalue weighted by molar-refractivity contribution is 0.523. The summed E-state index contributed by atoms with van der Waals surface area (Å²) in [6.07, 6.45) is 2.89. The molecule has 0 aromatic carbocycles. The molecule has 0 amide bonds. The maximum Gasteiger partial charge on any atom is 0.0961 e. The zero-order valence-corrected chi connectivity index (χ0v) is 10.9. The van der Waals surface area contributed by atoms with Crippen LogP contribution in [-0.2, 0) is 0 Å². The molecule has 0 saturated carbocycles. The Morgan fingerprint density at radius 3 is 3.16 bits per heavy atom. The van der Waals surface area contributed by atoms with Gasteiger partial charge in [-0.1, -0.05) is 6.07 Å². The van der Waals surface area contributed by atoms with E-state index in [4.69, 9.17) is 0 Å². The van der Waals surface area contributed by atoms with Crippen molar-refractivity contribution in [2.24, 2.45) is 4.99 Å². The first-order valence-corrected chi connectivity index (χ1v) is 6.38. The quantitative estimate of drug-likeness (QED) is 0.817. The highest BCUT2D eigenvalue weighted by Gasteiger charge is 2.25. The first kappa shape index (κ1) is 11.9. The highest BCUT2D eigenvalue weighted by atomic mass is 15.2. The van der Waals surface area contributed by atoms with Gasteiger partial charge in [0.1, 0.15) is 0 Å². The van der Waals surface area contributed by atoms with Crippen LogP contribution in [0.2, 0.25) is 0 Å². The van der Waals surface area contributed by atoms with Crippen LogP contribution in [0, 0.1) is 0 Å². The van der Waals surface area contributed by atoms with E-state index in [-0.39, 0.29) is 6.04 Å². The van der Waals surface area contributed by atoms with Gasteiger partial charge in [-0.25, -0.2) is 4.52 Å². The predicted molar refractivity (Wildman–Crippen MR) is 76.2 cm³/mol. The molecular formula is C14H17N5. The maximum absolute atomic E-state index is 4.61. The first-order valence-electron chi connectivity index (χ1n) is 6.38. The summed E-state index contributed by atoms with van der Waals surface area (Å²) in [6.45, 7) is 4.60. The highest BCUT2D eigenvalue weighted by molar-refractivity contribution is 5.49. The van der Waals surface area contributed by atoms with Gasteiger partial charge in [-0.2, -0.15) is 5.10 Å². The molecule has 5 nitrogen and oxygen atoms in total. The van der Waals surface area contributed by atoms with E-state index in [2.05, 4.69) is 33.5 Å². The lowest BCUT2D eigenvalue weighted by Crippen LogP contribution is -2.32. The van der Waals surface area contributed by atoms with Crippen LogP contribution in [0.3, 0.4) is 0 Å². The van der Waals surface area contributed by atoms with E-state index in [1.807, 2.05) is 36.0 Å². The van der Waals surface area contributed by atoms with Gasteiger partial charge in [-0.3, -0.25) is 4.99 Å². The molecule has 2 aromatic rings. The fourth-order valence-electron chi connectivity index (χ4n) is 2.52. The molecule has 1 aliphatic heterocycles. The molecule has 0 aliphatic carbocycles. The minimum absolute atomic E-state index is 0.00796. The Morgan fingerprint density at radius 1 is 1.53 bits per heavy atom. The van der Waals surface area contributed by atoms with Crippen molar-refractivity contribution < 1.29 is 0 Å². The van der Waals surface area contributed by atoms with Crippen molar-refractivity contribution in [1.29, 1.82) is 0 Å². The molecule has 3 heterocycles. The second kappa shape index (κ2) is 4.85. The summed E-state index contributed by atoms with van der Waals surface area (Å²) >= 11 is 0. The molecule has 3 rings (SSSR count). The van der Waals surface area contributed by atoms with Crippen molar-refractivity contribution in [2.45, 2.75) is 12.5 Å². The van der Waals surface area contributed by atoms with Crippen LogP contribution >= 0.6 is 0 Å². The van der Waals surface area contributed by atoms with Gasteiger partial charge in [-0.05, 0) is 24.9 Å². The molecule has 0 spiro atoms. The standard InChI is InChI=1S/C14H17N5/c1-15-11-6-7-17-14(13(11)16-2)12-9-10-5-3-4-8-19(10)18-12/h3-5,8-9,14-15,17H,2,6-7H2,1H3.